The highest BCUT2D eigenvalue weighted by atomic mass is 32.2. The van der Waals surface area contributed by atoms with Gasteiger partial charge in [0.05, 0.1) is 19.1 Å². The lowest BCUT2D eigenvalue weighted by atomic mass is 10.1. The summed E-state index contributed by atoms with van der Waals surface area (Å²) in [4.78, 5) is 24.1. The van der Waals surface area contributed by atoms with Crippen LogP contribution < -0.4 is 9.84 Å². The fourth-order valence-electron chi connectivity index (χ4n) is 2.10. The molecule has 1 aliphatic heterocycles. The van der Waals surface area contributed by atoms with Gasteiger partial charge in [-0.3, -0.25) is 4.79 Å². The lowest BCUT2D eigenvalue weighted by Crippen LogP contribution is -2.48. The molecule has 102 valence electrons. The van der Waals surface area contributed by atoms with Crippen molar-refractivity contribution in [2.45, 2.75) is 18.3 Å². The summed E-state index contributed by atoms with van der Waals surface area (Å²) in [7, 11) is 1.58. The molecular formula is C13H14NO4S-. The second-order valence-electron chi connectivity index (χ2n) is 4.22. The molecule has 2 rings (SSSR count). The highest BCUT2D eigenvalue weighted by Gasteiger charge is 2.37. The van der Waals surface area contributed by atoms with Crippen LogP contribution in [-0.2, 0) is 9.59 Å². The van der Waals surface area contributed by atoms with Crippen LogP contribution >= 0.6 is 11.8 Å². The van der Waals surface area contributed by atoms with E-state index in [0.717, 1.165) is 11.3 Å². The standard InChI is InChI=1S/C13H15NO4S/c1-8(15)14-11(13(16)17)7-19-12(14)9-3-5-10(18-2)6-4-9/h3-6,11-12H,7H2,1-2H3,(H,16,17)/p-1/t11-,12-/m1/s1. The Morgan fingerprint density at radius 3 is 2.47 bits per heavy atom. The Hall–Kier alpha value is -1.69. The molecule has 1 fully saturated rings. The van der Waals surface area contributed by atoms with Crippen molar-refractivity contribution >= 4 is 23.6 Å². The molecule has 0 aliphatic carbocycles. The van der Waals surface area contributed by atoms with Gasteiger partial charge < -0.3 is 19.5 Å². The number of carboxylic acid groups (broad SMARTS) is 1. The molecule has 0 N–H and O–H groups in total. The quantitative estimate of drug-likeness (QED) is 0.802. The molecule has 0 unspecified atom stereocenters. The highest BCUT2D eigenvalue weighted by molar-refractivity contribution is 7.99. The number of carbonyl (C=O) groups is 2. The molecular weight excluding hydrogens is 266 g/mol. The average molecular weight is 280 g/mol. The summed E-state index contributed by atoms with van der Waals surface area (Å²) in [6.07, 6.45) is 0. The van der Waals surface area contributed by atoms with Crippen molar-refractivity contribution in [3.05, 3.63) is 29.8 Å². The largest absolute Gasteiger partial charge is 0.548 e. The number of rotatable bonds is 3. The lowest BCUT2D eigenvalue weighted by molar-refractivity contribution is -0.310. The Morgan fingerprint density at radius 2 is 2.00 bits per heavy atom. The summed E-state index contributed by atoms with van der Waals surface area (Å²) < 4.78 is 5.07. The van der Waals surface area contributed by atoms with E-state index in [1.165, 1.54) is 23.6 Å². The number of carboxylic acids is 1. The van der Waals surface area contributed by atoms with E-state index >= 15 is 0 Å². The van der Waals surface area contributed by atoms with Gasteiger partial charge in [0.1, 0.15) is 11.1 Å². The maximum atomic E-state index is 11.7. The summed E-state index contributed by atoms with van der Waals surface area (Å²) in [6.45, 7) is 1.37. The molecule has 1 saturated heterocycles. The first-order valence-corrected chi connectivity index (χ1v) is 6.84. The third kappa shape index (κ3) is 2.68. The first kappa shape index (κ1) is 13.7. The summed E-state index contributed by atoms with van der Waals surface area (Å²) >= 11 is 1.43. The fraction of sp³-hybridized carbons (Fsp3) is 0.385. The number of methoxy groups -OCH3 is 1. The Kier molecular flexibility index (Phi) is 3.99. The Bertz CT molecular complexity index is 488. The van der Waals surface area contributed by atoms with Crippen molar-refractivity contribution in [2.24, 2.45) is 0 Å². The molecule has 1 amide bonds. The van der Waals surface area contributed by atoms with Crippen LogP contribution in [0.15, 0.2) is 24.3 Å². The maximum absolute atomic E-state index is 11.7. The zero-order valence-electron chi connectivity index (χ0n) is 10.7. The molecule has 1 aliphatic rings. The number of amides is 1. The van der Waals surface area contributed by atoms with E-state index in [1.807, 2.05) is 12.1 Å². The second kappa shape index (κ2) is 5.52. The van der Waals surface area contributed by atoms with Gasteiger partial charge in [-0.05, 0) is 17.7 Å². The van der Waals surface area contributed by atoms with Gasteiger partial charge >= 0.3 is 0 Å². The number of carbonyl (C=O) groups excluding carboxylic acids is 2. The maximum Gasteiger partial charge on any atom is 0.221 e. The fourth-order valence-corrected chi connectivity index (χ4v) is 3.56. The topological polar surface area (TPSA) is 69.7 Å². The van der Waals surface area contributed by atoms with Crippen LogP contribution in [0.1, 0.15) is 17.9 Å². The van der Waals surface area contributed by atoms with Crippen LogP contribution in [0.25, 0.3) is 0 Å². The number of aliphatic carboxylic acids is 1. The summed E-state index contributed by atoms with van der Waals surface area (Å²) in [5.74, 6) is -0.408. The molecule has 2 atom stereocenters. The Labute approximate surface area is 115 Å². The van der Waals surface area contributed by atoms with Gasteiger partial charge in [0.2, 0.25) is 5.91 Å². The third-order valence-corrected chi connectivity index (χ3v) is 4.36. The Morgan fingerprint density at radius 1 is 1.37 bits per heavy atom. The number of nitrogens with zero attached hydrogens (tertiary/aromatic N) is 1. The molecule has 0 spiro atoms. The van der Waals surface area contributed by atoms with Crippen LogP contribution in [0.4, 0.5) is 0 Å². The smallest absolute Gasteiger partial charge is 0.221 e. The number of hydrogen-bond donors (Lipinski definition) is 0. The SMILES string of the molecule is COc1ccc([C@H]2SC[C@H](C(=O)[O-])N2C(C)=O)cc1. The molecule has 1 aromatic rings. The van der Waals surface area contributed by atoms with Crippen LogP contribution in [-0.4, -0.2) is 35.7 Å². The minimum atomic E-state index is -1.21. The van der Waals surface area contributed by atoms with E-state index in [-0.39, 0.29) is 11.3 Å². The molecule has 1 aromatic carbocycles. The predicted octanol–water partition coefficient (Wildman–Crippen LogP) is 0.408. The van der Waals surface area contributed by atoms with Crippen molar-refractivity contribution in [3.63, 3.8) is 0 Å². The summed E-state index contributed by atoms with van der Waals surface area (Å²) in [5, 5.41) is 10.8. The van der Waals surface area contributed by atoms with Crippen LogP contribution in [0.5, 0.6) is 5.75 Å². The normalized spacial score (nSPS) is 22.3. The lowest BCUT2D eigenvalue weighted by Gasteiger charge is -2.29. The molecule has 0 radical (unpaired) electrons. The number of thioether (sulfide) groups is 1. The minimum absolute atomic E-state index is 0.264. The van der Waals surface area contributed by atoms with Gasteiger partial charge in [-0.2, -0.15) is 0 Å². The minimum Gasteiger partial charge on any atom is -0.548 e. The van der Waals surface area contributed by atoms with E-state index in [0.29, 0.717) is 5.75 Å². The van der Waals surface area contributed by atoms with Gasteiger partial charge in [0.25, 0.3) is 0 Å². The van der Waals surface area contributed by atoms with Crippen LogP contribution in [0.2, 0.25) is 0 Å². The Balaban J connectivity index is 2.27. The van der Waals surface area contributed by atoms with E-state index in [9.17, 15) is 14.7 Å². The molecule has 0 bridgehead atoms. The summed E-state index contributed by atoms with van der Waals surface area (Å²) in [6, 6.07) is 6.39. The van der Waals surface area contributed by atoms with Crippen molar-refractivity contribution < 1.29 is 19.4 Å². The highest BCUT2D eigenvalue weighted by Crippen LogP contribution is 2.41. The monoisotopic (exact) mass is 280 g/mol. The molecule has 6 heteroatoms. The van der Waals surface area contributed by atoms with Gasteiger partial charge in [-0.1, -0.05) is 12.1 Å². The first-order chi connectivity index (χ1) is 9.04. The van der Waals surface area contributed by atoms with E-state index in [4.69, 9.17) is 4.74 Å². The van der Waals surface area contributed by atoms with Gasteiger partial charge in [-0.25, -0.2) is 0 Å². The van der Waals surface area contributed by atoms with Gasteiger partial charge in [0.15, 0.2) is 0 Å². The van der Waals surface area contributed by atoms with Crippen LogP contribution in [0, 0.1) is 0 Å². The number of benzene rings is 1. The molecule has 0 saturated carbocycles. The van der Waals surface area contributed by atoms with Gasteiger partial charge in [0, 0.05) is 12.7 Å². The van der Waals surface area contributed by atoms with E-state index < -0.39 is 12.0 Å². The van der Waals surface area contributed by atoms with E-state index in [1.54, 1.807) is 19.2 Å². The number of hydrogen-bond acceptors (Lipinski definition) is 5. The van der Waals surface area contributed by atoms with Crippen molar-refractivity contribution in [3.8, 4) is 5.75 Å². The second-order valence-corrected chi connectivity index (χ2v) is 5.33. The average Bonchev–Trinajstić information content (AvgIpc) is 2.83. The third-order valence-electron chi connectivity index (χ3n) is 3.04. The van der Waals surface area contributed by atoms with Crippen molar-refractivity contribution in [1.29, 1.82) is 0 Å². The van der Waals surface area contributed by atoms with Gasteiger partial charge in [-0.15, -0.1) is 11.8 Å². The predicted molar refractivity (Wildman–Crippen MR) is 69.5 cm³/mol. The summed E-state index contributed by atoms with van der Waals surface area (Å²) in [5.41, 5.74) is 0.879. The molecule has 1 heterocycles. The molecule has 5 nitrogen and oxygen atoms in total. The van der Waals surface area contributed by atoms with Crippen molar-refractivity contribution in [1.82, 2.24) is 4.90 Å². The van der Waals surface area contributed by atoms with Crippen LogP contribution in [0.3, 0.4) is 0 Å². The first-order valence-electron chi connectivity index (χ1n) is 5.80. The molecule has 0 aromatic heterocycles. The molecule has 19 heavy (non-hydrogen) atoms. The van der Waals surface area contributed by atoms with E-state index in [2.05, 4.69) is 0 Å². The number of ether oxygens (including phenoxy) is 1. The zero-order valence-corrected chi connectivity index (χ0v) is 11.5. The zero-order chi connectivity index (χ0) is 14.0. The van der Waals surface area contributed by atoms with Crippen molar-refractivity contribution in [2.75, 3.05) is 12.9 Å².